The minimum Gasteiger partial charge on any atom is -0.378 e. The van der Waals surface area contributed by atoms with Crippen molar-refractivity contribution in [2.24, 2.45) is 0 Å². The molecule has 0 saturated carbocycles. The Morgan fingerprint density at radius 2 is 1.79 bits per heavy atom. The van der Waals surface area contributed by atoms with E-state index < -0.39 is 17.8 Å². The van der Waals surface area contributed by atoms with Crippen molar-refractivity contribution < 1.29 is 17.9 Å². The molecule has 1 atom stereocenters. The number of rotatable bonds is 0. The number of hydrogen-bond donors (Lipinski definition) is 0. The van der Waals surface area contributed by atoms with E-state index >= 15 is 0 Å². The van der Waals surface area contributed by atoms with E-state index in [2.05, 4.69) is 0 Å². The van der Waals surface area contributed by atoms with Gasteiger partial charge in [0, 0.05) is 12.1 Å². The molecule has 0 spiro atoms. The van der Waals surface area contributed by atoms with E-state index in [9.17, 15) is 13.2 Å². The lowest BCUT2D eigenvalue weighted by molar-refractivity contribution is -0.225. The zero-order chi connectivity index (χ0) is 11.0. The minimum absolute atomic E-state index is 0.249. The summed E-state index contributed by atoms with van der Waals surface area (Å²) in [5, 5.41) is 0. The lowest BCUT2D eigenvalue weighted by Crippen LogP contribution is -2.59. The summed E-state index contributed by atoms with van der Waals surface area (Å²) in [5.41, 5.74) is -0.468. The Hall–Kier alpha value is -0.290. The van der Waals surface area contributed by atoms with Crippen molar-refractivity contribution in [1.29, 1.82) is 0 Å². The van der Waals surface area contributed by atoms with Crippen molar-refractivity contribution in [3.63, 3.8) is 0 Å². The van der Waals surface area contributed by atoms with Gasteiger partial charge in [-0.3, -0.25) is 4.90 Å². The second-order valence-electron chi connectivity index (χ2n) is 4.50. The van der Waals surface area contributed by atoms with Crippen LogP contribution in [0.2, 0.25) is 0 Å². The molecule has 1 fully saturated rings. The van der Waals surface area contributed by atoms with E-state index in [4.69, 9.17) is 4.74 Å². The predicted octanol–water partition coefficient (Wildman–Crippen LogP) is 2.05. The summed E-state index contributed by atoms with van der Waals surface area (Å²) in [5.74, 6) is 0. The fraction of sp³-hybridized carbons (Fsp3) is 1.00. The number of alkyl halides is 3. The van der Waals surface area contributed by atoms with E-state index in [0.717, 1.165) is 0 Å². The van der Waals surface area contributed by atoms with Crippen molar-refractivity contribution in [1.82, 2.24) is 4.90 Å². The molecule has 0 aromatic carbocycles. The van der Waals surface area contributed by atoms with Crippen LogP contribution >= 0.6 is 0 Å². The van der Waals surface area contributed by atoms with Crippen LogP contribution in [0.5, 0.6) is 0 Å². The molecule has 0 aromatic rings. The zero-order valence-corrected chi connectivity index (χ0v) is 8.69. The highest BCUT2D eigenvalue weighted by atomic mass is 19.4. The molecule has 1 rings (SSSR count). The Morgan fingerprint density at radius 3 is 2.14 bits per heavy atom. The maximum atomic E-state index is 12.6. The van der Waals surface area contributed by atoms with E-state index in [1.807, 2.05) is 0 Å². The van der Waals surface area contributed by atoms with Gasteiger partial charge < -0.3 is 4.74 Å². The molecule has 1 aliphatic heterocycles. The van der Waals surface area contributed by atoms with Crippen LogP contribution in [0.1, 0.15) is 20.8 Å². The Morgan fingerprint density at radius 1 is 1.21 bits per heavy atom. The van der Waals surface area contributed by atoms with Gasteiger partial charge in [0.25, 0.3) is 0 Å². The number of ether oxygens (including phenoxy) is 1. The Balaban J connectivity index is 2.80. The van der Waals surface area contributed by atoms with Gasteiger partial charge >= 0.3 is 6.18 Å². The third-order valence-electron chi connectivity index (χ3n) is 2.37. The molecular formula is C9H16F3NO. The summed E-state index contributed by atoms with van der Waals surface area (Å²) < 4.78 is 42.7. The first kappa shape index (κ1) is 11.8. The topological polar surface area (TPSA) is 12.5 Å². The number of morpholine rings is 1. The van der Waals surface area contributed by atoms with Crippen LogP contribution in [0.3, 0.4) is 0 Å². The van der Waals surface area contributed by atoms with E-state index in [-0.39, 0.29) is 6.61 Å². The zero-order valence-electron chi connectivity index (χ0n) is 8.69. The summed E-state index contributed by atoms with van der Waals surface area (Å²) in [6.45, 7) is 5.84. The van der Waals surface area contributed by atoms with Gasteiger partial charge in [0.15, 0.2) is 0 Å². The Kier molecular flexibility index (Phi) is 3.11. The standard InChI is InChI=1S/C9H16F3NO/c1-8(2,3)13-4-5-14-6-7(13)9(10,11)12/h7H,4-6H2,1-3H3/t7-/m0/s1. The lowest BCUT2D eigenvalue weighted by Gasteiger charge is -2.44. The van der Waals surface area contributed by atoms with Gasteiger partial charge in [0.2, 0.25) is 0 Å². The van der Waals surface area contributed by atoms with Crippen LogP contribution in [0.25, 0.3) is 0 Å². The summed E-state index contributed by atoms with van der Waals surface area (Å²) >= 11 is 0. The largest absolute Gasteiger partial charge is 0.406 e. The summed E-state index contributed by atoms with van der Waals surface area (Å²) in [6, 6.07) is -1.46. The van der Waals surface area contributed by atoms with Crippen LogP contribution in [-0.4, -0.2) is 42.4 Å². The maximum absolute atomic E-state index is 12.6. The molecule has 0 amide bonds. The highest BCUT2D eigenvalue weighted by molar-refractivity contribution is 4.89. The van der Waals surface area contributed by atoms with Crippen LogP contribution in [0.4, 0.5) is 13.2 Å². The normalized spacial score (nSPS) is 26.6. The summed E-state index contributed by atoms with van der Waals surface area (Å²) in [6.07, 6.45) is -4.20. The molecule has 0 bridgehead atoms. The first-order valence-corrected chi connectivity index (χ1v) is 4.64. The molecular weight excluding hydrogens is 195 g/mol. The quantitative estimate of drug-likeness (QED) is 0.608. The smallest absolute Gasteiger partial charge is 0.378 e. The van der Waals surface area contributed by atoms with Crippen molar-refractivity contribution in [3.8, 4) is 0 Å². The first-order valence-electron chi connectivity index (χ1n) is 4.64. The molecule has 84 valence electrons. The van der Waals surface area contributed by atoms with Crippen LogP contribution in [0.15, 0.2) is 0 Å². The van der Waals surface area contributed by atoms with Gasteiger partial charge in [-0.2, -0.15) is 13.2 Å². The molecule has 0 unspecified atom stereocenters. The average molecular weight is 211 g/mol. The van der Waals surface area contributed by atoms with Gasteiger partial charge in [0.1, 0.15) is 6.04 Å². The molecule has 0 aromatic heterocycles. The van der Waals surface area contributed by atoms with Crippen molar-refractivity contribution in [2.75, 3.05) is 19.8 Å². The molecule has 2 nitrogen and oxygen atoms in total. The van der Waals surface area contributed by atoms with Crippen molar-refractivity contribution in [3.05, 3.63) is 0 Å². The third-order valence-corrected chi connectivity index (χ3v) is 2.37. The van der Waals surface area contributed by atoms with E-state index in [0.29, 0.717) is 13.2 Å². The number of halogens is 3. The van der Waals surface area contributed by atoms with Gasteiger partial charge in [-0.05, 0) is 20.8 Å². The molecule has 0 radical (unpaired) electrons. The average Bonchev–Trinajstić information content (AvgIpc) is 2.01. The summed E-state index contributed by atoms with van der Waals surface area (Å²) in [4.78, 5) is 1.45. The number of nitrogens with zero attached hydrogens (tertiary/aromatic N) is 1. The van der Waals surface area contributed by atoms with Gasteiger partial charge in [-0.25, -0.2) is 0 Å². The van der Waals surface area contributed by atoms with Crippen molar-refractivity contribution in [2.45, 2.75) is 38.5 Å². The SMILES string of the molecule is CC(C)(C)N1CCOC[C@H]1C(F)(F)F. The lowest BCUT2D eigenvalue weighted by atomic mass is 10.0. The molecule has 0 aliphatic carbocycles. The third kappa shape index (κ3) is 2.60. The highest BCUT2D eigenvalue weighted by Crippen LogP contribution is 2.31. The van der Waals surface area contributed by atoms with Crippen LogP contribution in [0, 0.1) is 0 Å². The molecule has 1 heterocycles. The first-order chi connectivity index (χ1) is 6.23. The molecule has 1 aliphatic rings. The van der Waals surface area contributed by atoms with E-state index in [1.165, 1.54) is 4.90 Å². The highest BCUT2D eigenvalue weighted by Gasteiger charge is 2.48. The molecule has 5 heteroatoms. The number of hydrogen-bond acceptors (Lipinski definition) is 2. The second kappa shape index (κ2) is 3.70. The summed E-state index contributed by atoms with van der Waals surface area (Å²) in [7, 11) is 0. The fourth-order valence-corrected chi connectivity index (χ4v) is 1.68. The van der Waals surface area contributed by atoms with E-state index in [1.54, 1.807) is 20.8 Å². The minimum atomic E-state index is -4.20. The maximum Gasteiger partial charge on any atom is 0.406 e. The molecule has 0 N–H and O–H groups in total. The Bertz CT molecular complexity index is 175. The van der Waals surface area contributed by atoms with Gasteiger partial charge in [-0.15, -0.1) is 0 Å². The van der Waals surface area contributed by atoms with Crippen molar-refractivity contribution >= 4 is 0 Å². The molecule has 1 saturated heterocycles. The second-order valence-corrected chi connectivity index (χ2v) is 4.50. The Labute approximate surface area is 82.0 Å². The van der Waals surface area contributed by atoms with Gasteiger partial charge in [-0.1, -0.05) is 0 Å². The van der Waals surface area contributed by atoms with Crippen LogP contribution < -0.4 is 0 Å². The fourth-order valence-electron chi connectivity index (χ4n) is 1.68. The molecule has 14 heavy (non-hydrogen) atoms. The monoisotopic (exact) mass is 211 g/mol. The predicted molar refractivity (Wildman–Crippen MR) is 47.1 cm³/mol. The van der Waals surface area contributed by atoms with Crippen LogP contribution in [-0.2, 0) is 4.74 Å². The van der Waals surface area contributed by atoms with Gasteiger partial charge in [0.05, 0.1) is 13.2 Å².